The van der Waals surface area contributed by atoms with Gasteiger partial charge in [0.15, 0.2) is 0 Å². The van der Waals surface area contributed by atoms with Crippen molar-refractivity contribution in [3.63, 3.8) is 0 Å². The molecule has 0 saturated heterocycles. The molecule has 0 unspecified atom stereocenters. The van der Waals surface area contributed by atoms with E-state index in [1.807, 2.05) is 0 Å². The lowest BCUT2D eigenvalue weighted by Crippen LogP contribution is -2.24. The van der Waals surface area contributed by atoms with Gasteiger partial charge in [-0.05, 0) is 19.1 Å². The summed E-state index contributed by atoms with van der Waals surface area (Å²) in [7, 11) is 0. The molecule has 0 bridgehead atoms. The Bertz CT molecular complexity index is 318. The molecule has 5 heteroatoms. The van der Waals surface area contributed by atoms with Crippen LogP contribution in [0.3, 0.4) is 0 Å². The van der Waals surface area contributed by atoms with E-state index < -0.39 is 12.1 Å². The van der Waals surface area contributed by atoms with Crippen molar-refractivity contribution in [2.24, 2.45) is 5.73 Å². The van der Waals surface area contributed by atoms with Crippen LogP contribution in [-0.4, -0.2) is 21.3 Å². The van der Waals surface area contributed by atoms with Gasteiger partial charge in [-0.3, -0.25) is 4.98 Å². The van der Waals surface area contributed by atoms with Crippen molar-refractivity contribution in [2.75, 3.05) is 0 Å². The molecule has 0 fully saturated rings. The summed E-state index contributed by atoms with van der Waals surface area (Å²) in [6.45, 7) is 1.35. The number of hydrogen-bond acceptors (Lipinski definition) is 4. The van der Waals surface area contributed by atoms with E-state index in [1.54, 1.807) is 19.1 Å². The zero-order chi connectivity index (χ0) is 10.7. The highest BCUT2D eigenvalue weighted by atomic mass is 35.5. The fourth-order valence-corrected chi connectivity index (χ4v) is 1.21. The number of halogens is 1. The second-order valence-electron chi connectivity index (χ2n) is 3.09. The van der Waals surface area contributed by atoms with Crippen LogP contribution in [0.5, 0.6) is 0 Å². The van der Waals surface area contributed by atoms with Gasteiger partial charge in [0.05, 0.1) is 35.2 Å². The minimum Gasteiger partial charge on any atom is -0.391 e. The molecule has 0 saturated carbocycles. The number of hydrogen-bond donors (Lipinski definition) is 3. The van der Waals surface area contributed by atoms with Crippen LogP contribution in [0.25, 0.3) is 0 Å². The molecule has 0 aliphatic heterocycles. The molecule has 0 amide bonds. The lowest BCUT2D eigenvalue weighted by Gasteiger charge is -2.14. The zero-order valence-electron chi connectivity index (χ0n) is 7.81. The minimum atomic E-state index is -0.685. The van der Waals surface area contributed by atoms with Gasteiger partial charge < -0.3 is 15.9 Å². The lowest BCUT2D eigenvalue weighted by molar-refractivity contribution is 0.162. The van der Waals surface area contributed by atoms with Crippen LogP contribution in [0, 0.1) is 0 Å². The van der Waals surface area contributed by atoms with E-state index in [9.17, 15) is 5.11 Å². The molecule has 1 heterocycles. The van der Waals surface area contributed by atoms with Crippen LogP contribution in [-0.2, 0) is 6.61 Å². The molecule has 0 aromatic carbocycles. The van der Waals surface area contributed by atoms with E-state index in [0.29, 0.717) is 16.4 Å². The number of aliphatic hydroxyl groups is 2. The van der Waals surface area contributed by atoms with Crippen molar-refractivity contribution >= 4 is 11.6 Å². The number of pyridine rings is 1. The molecule has 14 heavy (non-hydrogen) atoms. The first kappa shape index (κ1) is 11.4. The third-order valence-electron chi connectivity index (χ3n) is 1.95. The molecular formula is C9H13ClN2O2. The van der Waals surface area contributed by atoms with Gasteiger partial charge in [0.1, 0.15) is 0 Å². The predicted octanol–water partition coefficient (Wildman–Crippen LogP) is 0.608. The smallest absolute Gasteiger partial charge is 0.0868 e. The highest BCUT2D eigenvalue weighted by Crippen LogP contribution is 2.18. The maximum atomic E-state index is 9.25. The Morgan fingerprint density at radius 1 is 1.57 bits per heavy atom. The Labute approximate surface area is 87.3 Å². The number of aromatic nitrogens is 1. The molecule has 4 N–H and O–H groups in total. The Morgan fingerprint density at radius 2 is 2.21 bits per heavy atom. The second kappa shape index (κ2) is 4.70. The van der Waals surface area contributed by atoms with Crippen molar-refractivity contribution in [3.05, 3.63) is 28.5 Å². The molecule has 0 aliphatic rings. The summed E-state index contributed by atoms with van der Waals surface area (Å²) in [6, 6.07) is 2.69. The summed E-state index contributed by atoms with van der Waals surface area (Å²) < 4.78 is 0. The van der Waals surface area contributed by atoms with E-state index in [1.165, 1.54) is 0 Å². The van der Waals surface area contributed by atoms with E-state index in [2.05, 4.69) is 4.98 Å². The van der Waals surface area contributed by atoms with Gasteiger partial charge in [-0.15, -0.1) is 0 Å². The van der Waals surface area contributed by atoms with Crippen LogP contribution in [0.1, 0.15) is 24.4 Å². The average molecular weight is 217 g/mol. The van der Waals surface area contributed by atoms with E-state index in [4.69, 9.17) is 22.4 Å². The number of rotatable bonds is 3. The zero-order valence-corrected chi connectivity index (χ0v) is 8.57. The molecule has 78 valence electrons. The van der Waals surface area contributed by atoms with Gasteiger partial charge in [0.25, 0.3) is 0 Å². The third-order valence-corrected chi connectivity index (χ3v) is 2.30. The molecule has 0 aliphatic carbocycles. The van der Waals surface area contributed by atoms with Crippen molar-refractivity contribution < 1.29 is 10.2 Å². The Balaban J connectivity index is 3.00. The van der Waals surface area contributed by atoms with Gasteiger partial charge in [-0.2, -0.15) is 0 Å². The number of aliphatic hydroxyl groups excluding tert-OH is 2. The largest absolute Gasteiger partial charge is 0.391 e. The van der Waals surface area contributed by atoms with Crippen molar-refractivity contribution in [2.45, 2.75) is 25.7 Å². The number of nitrogens with two attached hydrogens (primary N) is 1. The summed E-state index contributed by atoms with van der Waals surface area (Å²) in [5.41, 5.74) is 6.57. The van der Waals surface area contributed by atoms with Crippen LogP contribution < -0.4 is 5.73 Å². The Kier molecular flexibility index (Phi) is 3.83. The first-order valence-electron chi connectivity index (χ1n) is 4.26. The summed E-state index contributed by atoms with van der Waals surface area (Å²) >= 11 is 5.75. The molecule has 0 radical (unpaired) electrons. The molecule has 1 rings (SSSR count). The summed E-state index contributed by atoms with van der Waals surface area (Å²) in [5.74, 6) is 0. The standard InChI is InChI=1S/C9H13ClN2O2/c1-5(14)9(11)7-3-2-6(10)8(4-13)12-7/h2-3,5,9,13-14H,4,11H2,1H3/t5-,9+/m1/s1. The average Bonchev–Trinajstić information content (AvgIpc) is 2.17. The van der Waals surface area contributed by atoms with Crippen molar-refractivity contribution in [1.29, 1.82) is 0 Å². The monoisotopic (exact) mass is 216 g/mol. The van der Waals surface area contributed by atoms with Crippen LogP contribution >= 0.6 is 11.6 Å². The van der Waals surface area contributed by atoms with Gasteiger partial charge in [0.2, 0.25) is 0 Å². The summed E-state index contributed by atoms with van der Waals surface area (Å²) in [4.78, 5) is 4.04. The molecule has 4 nitrogen and oxygen atoms in total. The van der Waals surface area contributed by atoms with Crippen LogP contribution in [0.4, 0.5) is 0 Å². The van der Waals surface area contributed by atoms with E-state index in [-0.39, 0.29) is 6.61 Å². The maximum absolute atomic E-state index is 9.25. The van der Waals surface area contributed by atoms with Crippen LogP contribution in [0.15, 0.2) is 12.1 Å². The highest BCUT2D eigenvalue weighted by Gasteiger charge is 2.14. The normalized spacial score (nSPS) is 15.2. The Morgan fingerprint density at radius 3 is 2.71 bits per heavy atom. The quantitative estimate of drug-likeness (QED) is 0.692. The second-order valence-corrected chi connectivity index (χ2v) is 3.50. The van der Waals surface area contributed by atoms with Gasteiger partial charge >= 0.3 is 0 Å². The van der Waals surface area contributed by atoms with Crippen molar-refractivity contribution in [1.82, 2.24) is 4.98 Å². The highest BCUT2D eigenvalue weighted by molar-refractivity contribution is 6.31. The van der Waals surface area contributed by atoms with Crippen LogP contribution in [0.2, 0.25) is 5.02 Å². The molecule has 1 aromatic heterocycles. The van der Waals surface area contributed by atoms with E-state index in [0.717, 1.165) is 0 Å². The molecule has 0 spiro atoms. The predicted molar refractivity (Wildman–Crippen MR) is 53.8 cm³/mol. The van der Waals surface area contributed by atoms with Crippen molar-refractivity contribution in [3.8, 4) is 0 Å². The summed E-state index contributed by atoms with van der Waals surface area (Å²) in [6.07, 6.45) is -0.685. The maximum Gasteiger partial charge on any atom is 0.0868 e. The molecular weight excluding hydrogens is 204 g/mol. The van der Waals surface area contributed by atoms with Gasteiger partial charge in [-0.25, -0.2) is 0 Å². The topological polar surface area (TPSA) is 79.4 Å². The SMILES string of the molecule is C[C@@H](O)[C@H](N)c1ccc(Cl)c(CO)n1. The van der Waals surface area contributed by atoms with E-state index >= 15 is 0 Å². The third kappa shape index (κ3) is 2.42. The fourth-order valence-electron chi connectivity index (χ4n) is 1.04. The lowest BCUT2D eigenvalue weighted by atomic mass is 10.1. The number of nitrogens with zero attached hydrogens (tertiary/aromatic N) is 1. The Hall–Kier alpha value is -0.680. The van der Waals surface area contributed by atoms with Gasteiger partial charge in [0, 0.05) is 0 Å². The molecule has 2 atom stereocenters. The first-order valence-corrected chi connectivity index (χ1v) is 4.64. The first-order chi connectivity index (χ1) is 6.56. The fraction of sp³-hybridized carbons (Fsp3) is 0.444. The van der Waals surface area contributed by atoms with Gasteiger partial charge in [-0.1, -0.05) is 11.6 Å². The summed E-state index contributed by atoms with van der Waals surface area (Å²) in [5, 5.41) is 18.6. The minimum absolute atomic E-state index is 0.237. The molecule has 1 aromatic rings.